The summed E-state index contributed by atoms with van der Waals surface area (Å²) in [5.74, 6) is 1.53. The van der Waals surface area contributed by atoms with Gasteiger partial charge in [-0.25, -0.2) is 4.98 Å². The molecule has 0 spiro atoms. The number of aliphatic hydroxyl groups is 1. The van der Waals surface area contributed by atoms with Crippen LogP contribution in [-0.4, -0.2) is 22.7 Å². The number of hydrogen-bond acceptors (Lipinski definition) is 4. The van der Waals surface area contributed by atoms with Gasteiger partial charge in [0.05, 0.1) is 18.3 Å². The molecule has 2 heterocycles. The van der Waals surface area contributed by atoms with Crippen molar-refractivity contribution in [2.45, 2.75) is 38.3 Å². The van der Waals surface area contributed by atoms with Crippen LogP contribution in [0.15, 0.2) is 10.6 Å². The molecule has 4 heteroatoms. The van der Waals surface area contributed by atoms with Crippen LogP contribution in [-0.2, 0) is 6.42 Å². The molecule has 2 atom stereocenters. The van der Waals surface area contributed by atoms with Crippen molar-refractivity contribution >= 4 is 0 Å². The Morgan fingerprint density at radius 3 is 3.29 bits per heavy atom. The lowest BCUT2D eigenvalue weighted by Crippen LogP contribution is -2.12. The second-order valence-electron chi connectivity index (χ2n) is 3.87. The standard InChI is InChI=1S/C10H16N2O2/c1-7(13)5-8-6-12-10(14-8)9-3-2-4-11-9/h6-7,9,11,13H,2-5H2,1H3. The zero-order chi connectivity index (χ0) is 9.97. The first-order valence-electron chi connectivity index (χ1n) is 5.12. The number of oxazole rings is 1. The number of nitrogens with zero attached hydrogens (tertiary/aromatic N) is 1. The van der Waals surface area contributed by atoms with Crippen molar-refractivity contribution in [3.8, 4) is 0 Å². The summed E-state index contributed by atoms with van der Waals surface area (Å²) in [4.78, 5) is 4.21. The highest BCUT2D eigenvalue weighted by Crippen LogP contribution is 2.22. The summed E-state index contributed by atoms with van der Waals surface area (Å²) < 4.78 is 5.54. The molecule has 4 nitrogen and oxygen atoms in total. The van der Waals surface area contributed by atoms with E-state index in [1.165, 1.54) is 6.42 Å². The number of aliphatic hydroxyl groups excluding tert-OH is 1. The molecule has 0 aliphatic carbocycles. The van der Waals surface area contributed by atoms with Gasteiger partial charge in [0.1, 0.15) is 5.76 Å². The number of rotatable bonds is 3. The minimum Gasteiger partial charge on any atom is -0.444 e. The van der Waals surface area contributed by atoms with E-state index in [-0.39, 0.29) is 12.1 Å². The quantitative estimate of drug-likeness (QED) is 0.758. The topological polar surface area (TPSA) is 58.3 Å². The van der Waals surface area contributed by atoms with Gasteiger partial charge in [0.2, 0.25) is 5.89 Å². The van der Waals surface area contributed by atoms with Crippen LogP contribution < -0.4 is 5.32 Å². The predicted molar refractivity (Wildman–Crippen MR) is 51.9 cm³/mol. The highest BCUT2D eigenvalue weighted by atomic mass is 16.4. The number of aromatic nitrogens is 1. The molecule has 2 rings (SSSR count). The fraction of sp³-hybridized carbons (Fsp3) is 0.700. The first-order valence-corrected chi connectivity index (χ1v) is 5.12. The van der Waals surface area contributed by atoms with Crippen LogP contribution >= 0.6 is 0 Å². The lowest BCUT2D eigenvalue weighted by molar-refractivity contribution is 0.186. The summed E-state index contributed by atoms with van der Waals surface area (Å²) in [6.45, 7) is 2.79. The molecule has 14 heavy (non-hydrogen) atoms. The largest absolute Gasteiger partial charge is 0.444 e. The minimum atomic E-state index is -0.368. The van der Waals surface area contributed by atoms with Crippen molar-refractivity contribution in [2.24, 2.45) is 0 Å². The molecule has 1 aliphatic rings. The van der Waals surface area contributed by atoms with Crippen molar-refractivity contribution in [3.63, 3.8) is 0 Å². The van der Waals surface area contributed by atoms with Gasteiger partial charge in [-0.15, -0.1) is 0 Å². The molecule has 1 aliphatic heterocycles. The van der Waals surface area contributed by atoms with E-state index in [9.17, 15) is 5.11 Å². The third kappa shape index (κ3) is 2.13. The monoisotopic (exact) mass is 196 g/mol. The Balaban J connectivity index is 2.01. The van der Waals surface area contributed by atoms with E-state index in [4.69, 9.17) is 4.42 Å². The van der Waals surface area contributed by atoms with Gasteiger partial charge >= 0.3 is 0 Å². The Morgan fingerprint density at radius 1 is 1.79 bits per heavy atom. The van der Waals surface area contributed by atoms with Crippen molar-refractivity contribution in [1.29, 1.82) is 0 Å². The average Bonchev–Trinajstić information content (AvgIpc) is 2.69. The van der Waals surface area contributed by atoms with Crippen LogP contribution in [0.2, 0.25) is 0 Å². The SMILES string of the molecule is CC(O)Cc1cnc(C2CCCN2)o1. The summed E-state index contributed by atoms with van der Waals surface area (Å²) >= 11 is 0. The lowest BCUT2D eigenvalue weighted by Gasteiger charge is -2.04. The Labute approximate surface area is 83.3 Å². The fourth-order valence-corrected chi connectivity index (χ4v) is 1.76. The molecule has 0 amide bonds. The average molecular weight is 196 g/mol. The maximum atomic E-state index is 9.18. The number of nitrogens with one attached hydrogen (secondary N) is 1. The zero-order valence-electron chi connectivity index (χ0n) is 8.36. The first kappa shape index (κ1) is 9.68. The molecular weight excluding hydrogens is 180 g/mol. The second kappa shape index (κ2) is 4.11. The summed E-state index contributed by atoms with van der Waals surface area (Å²) in [5, 5.41) is 12.5. The first-order chi connectivity index (χ1) is 6.75. The predicted octanol–water partition coefficient (Wildman–Crippen LogP) is 1.02. The third-order valence-electron chi connectivity index (χ3n) is 2.43. The van der Waals surface area contributed by atoms with E-state index in [0.717, 1.165) is 24.6 Å². The van der Waals surface area contributed by atoms with Gasteiger partial charge in [-0.1, -0.05) is 0 Å². The molecule has 0 aromatic carbocycles. The van der Waals surface area contributed by atoms with Crippen molar-refractivity contribution in [2.75, 3.05) is 6.54 Å². The van der Waals surface area contributed by atoms with Gasteiger partial charge in [-0.2, -0.15) is 0 Å². The third-order valence-corrected chi connectivity index (χ3v) is 2.43. The van der Waals surface area contributed by atoms with Crippen LogP contribution in [0.1, 0.15) is 37.5 Å². The minimum absolute atomic E-state index is 0.276. The number of hydrogen-bond donors (Lipinski definition) is 2. The maximum Gasteiger partial charge on any atom is 0.211 e. The van der Waals surface area contributed by atoms with E-state index >= 15 is 0 Å². The molecule has 78 valence electrons. The normalized spacial score (nSPS) is 24.0. The summed E-state index contributed by atoms with van der Waals surface area (Å²) in [6, 6.07) is 0.276. The van der Waals surface area contributed by atoms with Crippen LogP contribution in [0.5, 0.6) is 0 Å². The highest BCUT2D eigenvalue weighted by molar-refractivity contribution is 5.00. The summed E-state index contributed by atoms with van der Waals surface area (Å²) in [5.41, 5.74) is 0. The fourth-order valence-electron chi connectivity index (χ4n) is 1.76. The van der Waals surface area contributed by atoms with Gasteiger partial charge in [-0.05, 0) is 26.3 Å². The van der Waals surface area contributed by atoms with Crippen LogP contribution in [0.4, 0.5) is 0 Å². The van der Waals surface area contributed by atoms with Crippen molar-refractivity contribution in [1.82, 2.24) is 10.3 Å². The lowest BCUT2D eigenvalue weighted by atomic mass is 10.2. The smallest absolute Gasteiger partial charge is 0.211 e. The molecule has 1 saturated heterocycles. The summed E-state index contributed by atoms with van der Waals surface area (Å²) in [6.07, 6.45) is 4.15. The van der Waals surface area contributed by atoms with Crippen molar-refractivity contribution < 1.29 is 9.52 Å². The van der Waals surface area contributed by atoms with Gasteiger partial charge in [0.25, 0.3) is 0 Å². The van der Waals surface area contributed by atoms with Gasteiger partial charge in [-0.3, -0.25) is 0 Å². The molecule has 1 aromatic rings. The molecular formula is C10H16N2O2. The molecule has 2 N–H and O–H groups in total. The molecule has 2 unspecified atom stereocenters. The van der Waals surface area contributed by atoms with E-state index < -0.39 is 0 Å². The van der Waals surface area contributed by atoms with Gasteiger partial charge in [0.15, 0.2) is 0 Å². The molecule has 1 aromatic heterocycles. The van der Waals surface area contributed by atoms with Crippen LogP contribution in [0.25, 0.3) is 0 Å². The zero-order valence-corrected chi connectivity index (χ0v) is 8.36. The Kier molecular flexibility index (Phi) is 2.84. The Hall–Kier alpha value is -0.870. The van der Waals surface area contributed by atoms with Crippen molar-refractivity contribution in [3.05, 3.63) is 17.8 Å². The van der Waals surface area contributed by atoms with Gasteiger partial charge in [0, 0.05) is 6.42 Å². The molecule has 1 fully saturated rings. The Bertz CT molecular complexity index is 290. The van der Waals surface area contributed by atoms with Crippen LogP contribution in [0.3, 0.4) is 0 Å². The van der Waals surface area contributed by atoms with E-state index in [1.807, 2.05) is 0 Å². The van der Waals surface area contributed by atoms with Crippen LogP contribution in [0, 0.1) is 0 Å². The molecule has 0 radical (unpaired) electrons. The highest BCUT2D eigenvalue weighted by Gasteiger charge is 2.21. The molecule has 0 saturated carbocycles. The van der Waals surface area contributed by atoms with E-state index in [2.05, 4.69) is 10.3 Å². The molecule has 0 bridgehead atoms. The van der Waals surface area contributed by atoms with E-state index in [1.54, 1.807) is 13.1 Å². The van der Waals surface area contributed by atoms with E-state index in [0.29, 0.717) is 6.42 Å². The Morgan fingerprint density at radius 2 is 2.64 bits per heavy atom. The second-order valence-corrected chi connectivity index (χ2v) is 3.87. The van der Waals surface area contributed by atoms with Gasteiger partial charge < -0.3 is 14.8 Å². The maximum absolute atomic E-state index is 9.18. The summed E-state index contributed by atoms with van der Waals surface area (Å²) in [7, 11) is 0.